The number of carbonyl (C=O) groups is 2. The van der Waals surface area contributed by atoms with Gasteiger partial charge in [-0.3, -0.25) is 0 Å². The van der Waals surface area contributed by atoms with Gasteiger partial charge in [-0.25, -0.2) is 9.59 Å². The molecule has 0 aromatic carbocycles. The zero-order valence-electron chi connectivity index (χ0n) is 12.8. The molecule has 6 heteroatoms. The molecule has 116 valence electrons. The van der Waals surface area contributed by atoms with E-state index in [1.807, 2.05) is 0 Å². The quantitative estimate of drug-likeness (QED) is 0.816. The van der Waals surface area contributed by atoms with E-state index in [1.165, 1.54) is 4.90 Å². The summed E-state index contributed by atoms with van der Waals surface area (Å²) in [4.78, 5) is 24.8. The number of hydrogen-bond acceptors (Lipinski definition) is 3. The number of nitrogens with one attached hydrogen (secondary N) is 1. The average molecular weight is 302 g/mol. The summed E-state index contributed by atoms with van der Waals surface area (Å²) in [5.41, 5.74) is 0. The molecule has 1 unspecified atom stereocenters. The maximum atomic E-state index is 12.2. The summed E-state index contributed by atoms with van der Waals surface area (Å²) in [7, 11) is 0. The molecule has 1 fully saturated rings. The smallest absolute Gasteiger partial charge is 0.327 e. The third-order valence-corrected chi connectivity index (χ3v) is 4.90. The summed E-state index contributed by atoms with van der Waals surface area (Å²) in [5, 5.41) is 12.1. The Bertz CT molecular complexity index is 339. The van der Waals surface area contributed by atoms with Gasteiger partial charge in [-0.1, -0.05) is 27.7 Å². The van der Waals surface area contributed by atoms with Crippen molar-refractivity contribution in [2.75, 3.05) is 24.6 Å². The van der Waals surface area contributed by atoms with E-state index in [2.05, 4.69) is 33.0 Å². The van der Waals surface area contributed by atoms with Crippen molar-refractivity contribution < 1.29 is 14.7 Å². The average Bonchev–Trinajstić information content (AvgIpc) is 2.37. The van der Waals surface area contributed by atoms with Crippen LogP contribution in [-0.2, 0) is 4.79 Å². The molecule has 5 nitrogen and oxygen atoms in total. The fourth-order valence-electron chi connectivity index (χ4n) is 2.60. The molecule has 0 radical (unpaired) electrons. The topological polar surface area (TPSA) is 69.6 Å². The third-order valence-electron chi connectivity index (χ3n) is 3.88. The first kappa shape index (κ1) is 17.1. The Balaban J connectivity index is 2.58. The number of carboxylic acids is 1. The summed E-state index contributed by atoms with van der Waals surface area (Å²) >= 11 is 1.58. The van der Waals surface area contributed by atoms with Gasteiger partial charge in [0.05, 0.1) is 0 Å². The van der Waals surface area contributed by atoms with Gasteiger partial charge in [-0.2, -0.15) is 11.8 Å². The molecule has 1 aliphatic heterocycles. The van der Waals surface area contributed by atoms with Gasteiger partial charge in [0, 0.05) is 24.6 Å². The lowest BCUT2D eigenvalue weighted by Crippen LogP contribution is -2.54. The summed E-state index contributed by atoms with van der Waals surface area (Å²) in [5.74, 6) is 1.73. The minimum absolute atomic E-state index is 0.246. The van der Waals surface area contributed by atoms with Crippen LogP contribution in [0.2, 0.25) is 0 Å². The van der Waals surface area contributed by atoms with Crippen molar-refractivity contribution in [2.45, 2.75) is 33.7 Å². The molecule has 0 aromatic heterocycles. The van der Waals surface area contributed by atoms with E-state index >= 15 is 0 Å². The number of amides is 2. The molecule has 0 aliphatic carbocycles. The second kappa shape index (κ2) is 7.76. The van der Waals surface area contributed by atoms with E-state index in [0.29, 0.717) is 36.6 Å². The highest BCUT2D eigenvalue weighted by Crippen LogP contribution is 2.20. The second-order valence-electron chi connectivity index (χ2n) is 5.96. The zero-order valence-corrected chi connectivity index (χ0v) is 13.6. The van der Waals surface area contributed by atoms with Crippen LogP contribution in [0.3, 0.4) is 0 Å². The minimum atomic E-state index is -0.920. The molecule has 1 aliphatic rings. The van der Waals surface area contributed by atoms with E-state index in [-0.39, 0.29) is 6.03 Å². The summed E-state index contributed by atoms with van der Waals surface area (Å²) in [6.07, 6.45) is 0. The largest absolute Gasteiger partial charge is 0.480 e. The van der Waals surface area contributed by atoms with E-state index in [1.54, 1.807) is 11.8 Å². The highest BCUT2D eigenvalue weighted by molar-refractivity contribution is 7.99. The van der Waals surface area contributed by atoms with E-state index in [4.69, 9.17) is 0 Å². The van der Waals surface area contributed by atoms with E-state index in [9.17, 15) is 14.7 Å². The normalized spacial score (nSPS) is 19.8. The van der Waals surface area contributed by atoms with Gasteiger partial charge in [0.2, 0.25) is 0 Å². The van der Waals surface area contributed by atoms with Crippen molar-refractivity contribution in [2.24, 2.45) is 17.8 Å². The molecule has 0 bridgehead atoms. The maximum absolute atomic E-state index is 12.2. The Kier molecular flexibility index (Phi) is 6.65. The number of urea groups is 1. The molecular formula is C14H26N2O3S. The Morgan fingerprint density at radius 3 is 2.40 bits per heavy atom. The SMILES string of the molecule is CC(C)C(CNC(=O)N1CCSCC1C(=O)O)C(C)C. The van der Waals surface area contributed by atoms with Gasteiger partial charge in [-0.15, -0.1) is 0 Å². The highest BCUT2D eigenvalue weighted by atomic mass is 32.2. The van der Waals surface area contributed by atoms with Crippen LogP contribution >= 0.6 is 11.8 Å². The van der Waals surface area contributed by atoms with Crippen LogP contribution in [0.15, 0.2) is 0 Å². The van der Waals surface area contributed by atoms with Crippen LogP contribution < -0.4 is 5.32 Å². The lowest BCUT2D eigenvalue weighted by Gasteiger charge is -2.33. The van der Waals surface area contributed by atoms with Crippen LogP contribution in [0.5, 0.6) is 0 Å². The highest BCUT2D eigenvalue weighted by Gasteiger charge is 2.32. The third kappa shape index (κ3) is 4.58. The molecule has 0 spiro atoms. The lowest BCUT2D eigenvalue weighted by molar-refractivity contribution is -0.141. The van der Waals surface area contributed by atoms with Crippen molar-refractivity contribution >= 4 is 23.8 Å². The van der Waals surface area contributed by atoms with Crippen molar-refractivity contribution in [3.63, 3.8) is 0 Å². The van der Waals surface area contributed by atoms with E-state index in [0.717, 1.165) is 5.75 Å². The first-order valence-corrected chi connectivity index (χ1v) is 8.35. The minimum Gasteiger partial charge on any atom is -0.480 e. The van der Waals surface area contributed by atoms with Crippen LogP contribution in [0.1, 0.15) is 27.7 Å². The zero-order chi connectivity index (χ0) is 15.3. The van der Waals surface area contributed by atoms with Gasteiger partial charge < -0.3 is 15.3 Å². The monoisotopic (exact) mass is 302 g/mol. The predicted molar refractivity (Wildman–Crippen MR) is 82.0 cm³/mol. The van der Waals surface area contributed by atoms with Gasteiger partial charge >= 0.3 is 12.0 Å². The Hall–Kier alpha value is -0.910. The number of aliphatic carboxylic acids is 1. The molecule has 20 heavy (non-hydrogen) atoms. The van der Waals surface area contributed by atoms with Gasteiger partial charge in [0.1, 0.15) is 6.04 Å². The van der Waals surface area contributed by atoms with Gasteiger partial charge in [0.15, 0.2) is 0 Å². The number of carbonyl (C=O) groups excluding carboxylic acids is 1. The molecule has 1 rings (SSSR count). The van der Waals surface area contributed by atoms with Crippen molar-refractivity contribution in [3.05, 3.63) is 0 Å². The molecule has 1 heterocycles. The molecule has 2 N–H and O–H groups in total. The summed E-state index contributed by atoms with van der Waals surface area (Å²) in [6.45, 7) is 9.69. The number of nitrogens with zero attached hydrogens (tertiary/aromatic N) is 1. The van der Waals surface area contributed by atoms with Crippen LogP contribution in [0, 0.1) is 17.8 Å². The fourth-order valence-corrected chi connectivity index (χ4v) is 3.64. The number of hydrogen-bond donors (Lipinski definition) is 2. The number of rotatable bonds is 5. The second-order valence-corrected chi connectivity index (χ2v) is 7.11. The Morgan fingerprint density at radius 2 is 1.90 bits per heavy atom. The molecule has 0 saturated carbocycles. The summed E-state index contributed by atoms with van der Waals surface area (Å²) in [6, 6.07) is -0.950. The standard InChI is InChI=1S/C14H26N2O3S/c1-9(2)11(10(3)4)7-15-14(19)16-5-6-20-8-12(16)13(17)18/h9-12H,5-8H2,1-4H3,(H,15,19)(H,17,18). The maximum Gasteiger partial charge on any atom is 0.327 e. The molecule has 0 aromatic rings. The predicted octanol–water partition coefficient (Wildman–Crippen LogP) is 2.13. The van der Waals surface area contributed by atoms with Crippen molar-refractivity contribution in [1.29, 1.82) is 0 Å². The summed E-state index contributed by atoms with van der Waals surface area (Å²) < 4.78 is 0. The van der Waals surface area contributed by atoms with Gasteiger partial charge in [-0.05, 0) is 17.8 Å². The van der Waals surface area contributed by atoms with Crippen molar-refractivity contribution in [3.8, 4) is 0 Å². The number of carboxylic acid groups (broad SMARTS) is 1. The first-order chi connectivity index (χ1) is 9.34. The molecule has 1 saturated heterocycles. The van der Waals surface area contributed by atoms with Crippen LogP contribution in [0.4, 0.5) is 4.79 Å². The Labute approximate surface area is 125 Å². The van der Waals surface area contributed by atoms with Crippen molar-refractivity contribution in [1.82, 2.24) is 10.2 Å². The molecule has 2 amide bonds. The molecular weight excluding hydrogens is 276 g/mol. The lowest BCUT2D eigenvalue weighted by atomic mass is 9.85. The molecule has 1 atom stereocenters. The van der Waals surface area contributed by atoms with Crippen LogP contribution in [0.25, 0.3) is 0 Å². The van der Waals surface area contributed by atoms with E-state index < -0.39 is 12.0 Å². The van der Waals surface area contributed by atoms with Gasteiger partial charge in [0.25, 0.3) is 0 Å². The fraction of sp³-hybridized carbons (Fsp3) is 0.857. The first-order valence-electron chi connectivity index (χ1n) is 7.19. The van der Waals surface area contributed by atoms with Crippen LogP contribution in [-0.4, -0.2) is 52.6 Å². The Morgan fingerprint density at radius 1 is 1.30 bits per heavy atom. The number of thioether (sulfide) groups is 1.